The zero-order valence-corrected chi connectivity index (χ0v) is 17.0. The van der Waals surface area contributed by atoms with Crippen molar-refractivity contribution in [1.82, 2.24) is 4.72 Å². The molecule has 0 heterocycles. The van der Waals surface area contributed by atoms with Crippen molar-refractivity contribution in [3.8, 4) is 0 Å². The van der Waals surface area contributed by atoms with Gasteiger partial charge in [0.25, 0.3) is 0 Å². The largest absolute Gasteiger partial charge is 0.598 e. The zero-order valence-electron chi connectivity index (χ0n) is 15.2. The predicted octanol–water partition coefficient (Wildman–Crippen LogP) is 4.21. The zero-order chi connectivity index (χ0) is 18.8. The van der Waals surface area contributed by atoms with Gasteiger partial charge in [0.1, 0.15) is 23.7 Å². The summed E-state index contributed by atoms with van der Waals surface area (Å²) in [7, 11) is -2.33. The minimum atomic E-state index is -2.33. The topological polar surface area (TPSA) is 52.2 Å². The lowest BCUT2D eigenvalue weighted by Crippen LogP contribution is -2.41. The van der Waals surface area contributed by atoms with Gasteiger partial charge in [-0.05, 0) is 57.4 Å². The molecule has 6 heteroatoms. The lowest BCUT2D eigenvalue weighted by molar-refractivity contribution is 0.535. The highest BCUT2D eigenvalue weighted by atomic mass is 32.2. The van der Waals surface area contributed by atoms with Crippen molar-refractivity contribution in [2.24, 2.45) is 0 Å². The van der Waals surface area contributed by atoms with Crippen LogP contribution < -0.4 is 10.0 Å². The van der Waals surface area contributed by atoms with Gasteiger partial charge in [0, 0.05) is 16.7 Å². The second kappa shape index (κ2) is 7.63. The smallest absolute Gasteiger partial charge is 0.136 e. The minimum absolute atomic E-state index is 0.312. The maximum atomic E-state index is 13.3. The first-order valence-corrected chi connectivity index (χ1v) is 11.8. The summed E-state index contributed by atoms with van der Waals surface area (Å²) in [4.78, 5) is 0. The highest BCUT2D eigenvalue weighted by Crippen LogP contribution is 2.35. The van der Waals surface area contributed by atoms with E-state index in [9.17, 15) is 13.5 Å². The van der Waals surface area contributed by atoms with Crippen molar-refractivity contribution in [1.29, 1.82) is 0 Å². The van der Waals surface area contributed by atoms with E-state index in [0.717, 1.165) is 16.4 Å². The molecule has 1 N–H and O–H groups in total. The molecule has 3 nitrogen and oxygen atoms in total. The molecule has 0 aliphatic carbocycles. The molecule has 0 aliphatic rings. The first kappa shape index (κ1) is 20.2. The van der Waals surface area contributed by atoms with E-state index < -0.39 is 23.3 Å². The highest BCUT2D eigenvalue weighted by Gasteiger charge is 2.30. The number of hydrogen-bond acceptors (Lipinski definition) is 3. The van der Waals surface area contributed by atoms with E-state index in [1.807, 2.05) is 45.0 Å². The molecule has 0 aliphatic heterocycles. The average molecular weight is 381 g/mol. The Kier molecular flexibility index (Phi) is 6.16. The van der Waals surface area contributed by atoms with Crippen LogP contribution in [0, 0.1) is 5.82 Å². The first-order valence-electron chi connectivity index (χ1n) is 8.07. The van der Waals surface area contributed by atoms with Gasteiger partial charge in [-0.1, -0.05) is 36.4 Å². The van der Waals surface area contributed by atoms with Crippen LogP contribution in [0.5, 0.6) is 0 Å². The second-order valence-corrected chi connectivity index (χ2v) is 12.6. The number of rotatable bonds is 5. The summed E-state index contributed by atoms with van der Waals surface area (Å²) in [5, 5.41) is 0.797. The van der Waals surface area contributed by atoms with Gasteiger partial charge in [0.2, 0.25) is 0 Å². The first-order chi connectivity index (χ1) is 11.5. The summed E-state index contributed by atoms with van der Waals surface area (Å²) >= 11 is -1.29. The van der Waals surface area contributed by atoms with E-state index in [0.29, 0.717) is 0 Å². The van der Waals surface area contributed by atoms with Crippen molar-refractivity contribution in [3.05, 3.63) is 65.5 Å². The van der Waals surface area contributed by atoms with Gasteiger partial charge in [-0.25, -0.2) is 4.39 Å². The molecule has 0 radical (unpaired) electrons. The Balaban J connectivity index is 2.40. The maximum absolute atomic E-state index is 13.3. The monoisotopic (exact) mass is 381 g/mol. The van der Waals surface area contributed by atoms with Crippen molar-refractivity contribution >= 4 is 23.8 Å². The summed E-state index contributed by atoms with van der Waals surface area (Å²) in [5.74, 6) is -0.312. The van der Waals surface area contributed by atoms with Gasteiger partial charge in [-0.3, -0.25) is 0 Å². The molecule has 0 unspecified atom stereocenters. The van der Waals surface area contributed by atoms with E-state index >= 15 is 0 Å². The van der Waals surface area contributed by atoms with Gasteiger partial charge >= 0.3 is 0 Å². The fourth-order valence-corrected chi connectivity index (χ4v) is 4.00. The SMILES string of the molecule is CC(C)(C)[S@@+]([O-])N[C@H](c1ccc(F)cc1)c1ccc(P(C)(C)=O)cc1. The van der Waals surface area contributed by atoms with Gasteiger partial charge in [-0.15, -0.1) is 4.72 Å². The average Bonchev–Trinajstić information content (AvgIpc) is 2.52. The molecule has 0 saturated heterocycles. The van der Waals surface area contributed by atoms with Crippen LogP contribution in [0.25, 0.3) is 0 Å². The summed E-state index contributed by atoms with van der Waals surface area (Å²) in [6.07, 6.45) is 0. The molecule has 2 rings (SSSR count). The summed E-state index contributed by atoms with van der Waals surface area (Å²) in [5.41, 5.74) is 1.71. The Hall–Kier alpha value is -1.13. The van der Waals surface area contributed by atoms with Gasteiger partial charge in [0.15, 0.2) is 0 Å². The van der Waals surface area contributed by atoms with Gasteiger partial charge in [-0.2, -0.15) is 0 Å². The number of nitrogens with one attached hydrogen (secondary N) is 1. The Morgan fingerprint density at radius 2 is 1.44 bits per heavy atom. The van der Waals surface area contributed by atoms with Crippen LogP contribution in [0.3, 0.4) is 0 Å². The molecule has 0 bridgehead atoms. The molecule has 2 aromatic carbocycles. The van der Waals surface area contributed by atoms with E-state index in [4.69, 9.17) is 0 Å². The fourth-order valence-electron chi connectivity index (χ4n) is 2.29. The molecule has 2 atom stereocenters. The van der Waals surface area contributed by atoms with Crippen LogP contribution >= 0.6 is 7.14 Å². The summed E-state index contributed by atoms with van der Waals surface area (Å²) in [6.45, 7) is 9.14. The van der Waals surface area contributed by atoms with Crippen LogP contribution in [0.4, 0.5) is 4.39 Å². The van der Waals surface area contributed by atoms with E-state index in [1.165, 1.54) is 12.1 Å². The van der Waals surface area contributed by atoms with Crippen molar-refractivity contribution < 1.29 is 13.5 Å². The lowest BCUT2D eigenvalue weighted by atomic mass is 10.00. The normalized spacial score (nSPS) is 15.0. The fraction of sp³-hybridized carbons (Fsp3) is 0.368. The number of hydrogen-bond donors (Lipinski definition) is 1. The third-order valence-corrected chi connectivity index (χ3v) is 6.94. The third kappa shape index (κ3) is 5.42. The molecule has 2 aromatic rings. The minimum Gasteiger partial charge on any atom is -0.598 e. The molecular formula is C19H25FNO2PS. The van der Waals surface area contributed by atoms with Crippen molar-refractivity contribution in [2.75, 3.05) is 13.3 Å². The van der Waals surface area contributed by atoms with Crippen LogP contribution in [-0.2, 0) is 15.9 Å². The molecule has 0 spiro atoms. The number of benzene rings is 2. The highest BCUT2D eigenvalue weighted by molar-refractivity contribution is 7.90. The Morgan fingerprint density at radius 1 is 1.00 bits per heavy atom. The molecule has 0 amide bonds. The summed E-state index contributed by atoms with van der Waals surface area (Å²) in [6, 6.07) is 13.3. The molecular weight excluding hydrogens is 356 g/mol. The Labute approximate surface area is 152 Å². The molecule has 0 fully saturated rings. The number of halogens is 1. The van der Waals surface area contributed by atoms with E-state index in [1.54, 1.807) is 25.5 Å². The molecule has 0 aromatic heterocycles. The Bertz CT molecular complexity index is 750. The quantitative estimate of drug-likeness (QED) is 0.623. The van der Waals surface area contributed by atoms with Gasteiger partial charge < -0.3 is 9.12 Å². The summed E-state index contributed by atoms with van der Waals surface area (Å²) < 4.78 is 40.8. The van der Waals surface area contributed by atoms with Crippen LogP contribution in [0.15, 0.2) is 48.5 Å². The van der Waals surface area contributed by atoms with Crippen LogP contribution in [-0.4, -0.2) is 22.6 Å². The predicted molar refractivity (Wildman–Crippen MR) is 105 cm³/mol. The maximum Gasteiger partial charge on any atom is 0.136 e. The lowest BCUT2D eigenvalue weighted by Gasteiger charge is -2.28. The van der Waals surface area contributed by atoms with Crippen LogP contribution in [0.2, 0.25) is 0 Å². The van der Waals surface area contributed by atoms with Crippen molar-refractivity contribution in [2.45, 2.75) is 31.6 Å². The second-order valence-electron chi connectivity index (χ2n) is 7.43. The molecule has 136 valence electrons. The van der Waals surface area contributed by atoms with E-state index in [-0.39, 0.29) is 11.9 Å². The van der Waals surface area contributed by atoms with Crippen LogP contribution in [0.1, 0.15) is 37.9 Å². The standard InChI is InChI=1S/C19H25FNO2PS/c1-19(2,3)25(23)21-18(14-6-10-16(20)11-7-14)15-8-12-17(13-9-15)24(4,5)22/h6-13,18,21H,1-5H3/t18-,25-/m1/s1. The molecule has 0 saturated carbocycles. The third-order valence-electron chi connectivity index (χ3n) is 3.83. The van der Waals surface area contributed by atoms with Crippen molar-refractivity contribution in [3.63, 3.8) is 0 Å². The molecule has 25 heavy (non-hydrogen) atoms. The van der Waals surface area contributed by atoms with Gasteiger partial charge in [0.05, 0.1) is 0 Å². The Morgan fingerprint density at radius 3 is 1.84 bits per heavy atom. The van der Waals surface area contributed by atoms with E-state index in [2.05, 4.69) is 4.72 Å².